The molecule has 0 aliphatic carbocycles. The summed E-state index contributed by atoms with van der Waals surface area (Å²) in [6.45, 7) is 13.5. The predicted molar refractivity (Wildman–Crippen MR) is 128 cm³/mol. The summed E-state index contributed by atoms with van der Waals surface area (Å²) in [6, 6.07) is 11.7. The highest BCUT2D eigenvalue weighted by molar-refractivity contribution is 5.81. The fourth-order valence-electron chi connectivity index (χ4n) is 4.36. The molecule has 1 aromatic carbocycles. The first-order valence-electron chi connectivity index (χ1n) is 11.3. The average molecular weight is 449 g/mol. The van der Waals surface area contributed by atoms with Gasteiger partial charge >= 0.3 is 0 Å². The molecule has 174 valence electrons. The van der Waals surface area contributed by atoms with E-state index in [0.717, 1.165) is 28.1 Å². The van der Waals surface area contributed by atoms with Gasteiger partial charge in [0.25, 0.3) is 5.56 Å². The van der Waals surface area contributed by atoms with Crippen molar-refractivity contribution in [2.24, 2.45) is 5.92 Å². The lowest BCUT2D eigenvalue weighted by Crippen LogP contribution is -2.37. The molecule has 0 saturated heterocycles. The molecule has 1 atom stereocenters. The van der Waals surface area contributed by atoms with Crippen LogP contribution in [0.3, 0.4) is 0 Å². The first-order valence-corrected chi connectivity index (χ1v) is 11.3. The quantitative estimate of drug-likeness (QED) is 0.445. The van der Waals surface area contributed by atoms with Crippen LogP contribution in [0.25, 0.3) is 10.9 Å². The van der Waals surface area contributed by atoms with Gasteiger partial charge in [-0.3, -0.25) is 9.69 Å². The smallest absolute Gasteiger partial charge is 0.252 e. The Morgan fingerprint density at radius 2 is 1.94 bits per heavy atom. The number of fused-ring (bicyclic) bond motifs is 1. The van der Waals surface area contributed by atoms with E-state index >= 15 is 0 Å². The SMILES string of the molecule is Cc1cccc2cc(CN(Cc3ccco3)[C@@H](c3nnnn3C(C)(C)C)C(C)C)c(=O)[nH]c12. The molecule has 0 unspecified atom stereocenters. The Labute approximate surface area is 193 Å². The molecule has 4 aromatic rings. The molecule has 0 aliphatic rings. The van der Waals surface area contributed by atoms with Crippen molar-refractivity contribution in [3.8, 4) is 0 Å². The number of benzene rings is 1. The zero-order valence-corrected chi connectivity index (χ0v) is 20.2. The third-order valence-electron chi connectivity index (χ3n) is 5.90. The second-order valence-electron chi connectivity index (χ2n) is 9.96. The standard InChI is InChI=1S/C25H32N6O2/c1-16(2)22(23-27-28-29-31(23)25(4,5)6)30(15-20-11-8-12-33-20)14-19-13-18-10-7-9-17(3)21(18)26-24(19)32/h7-13,16,22H,14-15H2,1-6H3,(H,26,32)/t22-/m1/s1. The minimum atomic E-state index is -0.278. The maximum Gasteiger partial charge on any atom is 0.252 e. The van der Waals surface area contributed by atoms with E-state index in [0.29, 0.717) is 18.7 Å². The predicted octanol–water partition coefficient (Wildman–Crippen LogP) is 4.57. The lowest BCUT2D eigenvalue weighted by molar-refractivity contribution is 0.111. The summed E-state index contributed by atoms with van der Waals surface area (Å²) in [5.74, 6) is 1.79. The van der Waals surface area contributed by atoms with Crippen LogP contribution in [-0.4, -0.2) is 30.1 Å². The number of para-hydroxylation sites is 1. The van der Waals surface area contributed by atoms with E-state index in [-0.39, 0.29) is 23.1 Å². The molecule has 0 bridgehead atoms. The van der Waals surface area contributed by atoms with Gasteiger partial charge in [-0.05, 0) is 73.2 Å². The van der Waals surface area contributed by atoms with Crippen LogP contribution in [0.2, 0.25) is 0 Å². The molecule has 8 heteroatoms. The van der Waals surface area contributed by atoms with E-state index in [1.165, 1.54) is 0 Å². The number of nitrogens with zero attached hydrogens (tertiary/aromatic N) is 5. The number of furan rings is 1. The van der Waals surface area contributed by atoms with Crippen molar-refractivity contribution in [3.05, 3.63) is 75.7 Å². The minimum absolute atomic E-state index is 0.0841. The Bertz CT molecular complexity index is 1280. The molecule has 1 N–H and O–H groups in total. The van der Waals surface area contributed by atoms with Gasteiger partial charge in [-0.25, -0.2) is 4.68 Å². The molecule has 3 aromatic heterocycles. The van der Waals surface area contributed by atoms with Gasteiger partial charge in [0.2, 0.25) is 0 Å². The van der Waals surface area contributed by atoms with Crippen LogP contribution >= 0.6 is 0 Å². The topological polar surface area (TPSA) is 92.8 Å². The second kappa shape index (κ2) is 8.94. The molecule has 0 aliphatic heterocycles. The van der Waals surface area contributed by atoms with Crippen LogP contribution in [-0.2, 0) is 18.6 Å². The molecular formula is C25H32N6O2. The van der Waals surface area contributed by atoms with Crippen molar-refractivity contribution in [3.63, 3.8) is 0 Å². The molecule has 0 saturated carbocycles. The fraction of sp³-hybridized carbons (Fsp3) is 0.440. The molecule has 4 rings (SSSR count). The van der Waals surface area contributed by atoms with E-state index in [4.69, 9.17) is 4.42 Å². The highest BCUT2D eigenvalue weighted by Crippen LogP contribution is 2.32. The number of rotatable bonds is 7. The first-order chi connectivity index (χ1) is 15.6. The van der Waals surface area contributed by atoms with E-state index < -0.39 is 0 Å². The van der Waals surface area contributed by atoms with Gasteiger partial charge in [0.15, 0.2) is 5.82 Å². The number of aromatic amines is 1. The van der Waals surface area contributed by atoms with Crippen molar-refractivity contribution in [2.75, 3.05) is 0 Å². The van der Waals surface area contributed by atoms with E-state index in [9.17, 15) is 4.79 Å². The molecule has 8 nitrogen and oxygen atoms in total. The summed E-state index contributed by atoms with van der Waals surface area (Å²) < 4.78 is 7.55. The highest BCUT2D eigenvalue weighted by atomic mass is 16.3. The van der Waals surface area contributed by atoms with Crippen molar-refractivity contribution < 1.29 is 4.42 Å². The van der Waals surface area contributed by atoms with E-state index in [1.54, 1.807) is 6.26 Å². The van der Waals surface area contributed by atoms with Crippen LogP contribution in [0.15, 0.2) is 51.9 Å². The number of aromatic nitrogens is 5. The first kappa shape index (κ1) is 22.9. The molecule has 0 radical (unpaired) electrons. The lowest BCUT2D eigenvalue weighted by atomic mass is 9.98. The summed E-state index contributed by atoms with van der Waals surface area (Å²) in [5, 5.41) is 13.7. The van der Waals surface area contributed by atoms with Gasteiger partial charge < -0.3 is 9.40 Å². The Hall–Kier alpha value is -3.26. The van der Waals surface area contributed by atoms with Gasteiger partial charge in [0.1, 0.15) is 5.76 Å². The largest absolute Gasteiger partial charge is 0.468 e. The number of aryl methyl sites for hydroxylation is 1. The third-order valence-corrected chi connectivity index (χ3v) is 5.90. The maximum absolute atomic E-state index is 13.1. The summed E-state index contributed by atoms with van der Waals surface area (Å²) in [4.78, 5) is 18.4. The molecular weight excluding hydrogens is 416 g/mol. The van der Waals surface area contributed by atoms with Crippen LogP contribution in [0.5, 0.6) is 0 Å². The summed E-state index contributed by atoms with van der Waals surface area (Å²) in [7, 11) is 0. The van der Waals surface area contributed by atoms with Crippen LogP contribution < -0.4 is 5.56 Å². The monoisotopic (exact) mass is 448 g/mol. The van der Waals surface area contributed by atoms with Gasteiger partial charge in [-0.15, -0.1) is 5.10 Å². The number of hydrogen-bond acceptors (Lipinski definition) is 6. The number of pyridine rings is 1. The Morgan fingerprint density at radius 3 is 2.61 bits per heavy atom. The van der Waals surface area contributed by atoms with Gasteiger partial charge in [-0.2, -0.15) is 0 Å². The number of tetrazole rings is 1. The minimum Gasteiger partial charge on any atom is -0.468 e. The van der Waals surface area contributed by atoms with Crippen LogP contribution in [0, 0.1) is 12.8 Å². The van der Waals surface area contributed by atoms with Crippen molar-refractivity contribution in [1.29, 1.82) is 0 Å². The number of nitrogens with one attached hydrogen (secondary N) is 1. The van der Waals surface area contributed by atoms with Gasteiger partial charge in [-0.1, -0.05) is 32.0 Å². The molecule has 3 heterocycles. The van der Waals surface area contributed by atoms with Crippen molar-refractivity contribution in [1.82, 2.24) is 30.1 Å². The van der Waals surface area contributed by atoms with Gasteiger partial charge in [0.05, 0.1) is 29.9 Å². The Morgan fingerprint density at radius 1 is 1.15 bits per heavy atom. The summed E-state index contributed by atoms with van der Waals surface area (Å²) in [5.41, 5.74) is 2.26. The van der Waals surface area contributed by atoms with Crippen LogP contribution in [0.1, 0.15) is 63.4 Å². The highest BCUT2D eigenvalue weighted by Gasteiger charge is 2.33. The normalized spacial score (nSPS) is 13.3. The third kappa shape index (κ3) is 4.75. The zero-order chi connectivity index (χ0) is 23.8. The van der Waals surface area contributed by atoms with Crippen molar-refractivity contribution in [2.45, 2.75) is 66.2 Å². The molecule has 0 amide bonds. The fourth-order valence-corrected chi connectivity index (χ4v) is 4.36. The van der Waals surface area contributed by atoms with E-state index in [1.807, 2.05) is 48.0 Å². The number of H-pyrrole nitrogens is 1. The Balaban J connectivity index is 1.80. The number of hydrogen-bond donors (Lipinski definition) is 1. The average Bonchev–Trinajstić information content (AvgIpc) is 3.41. The molecule has 33 heavy (non-hydrogen) atoms. The summed E-state index contributed by atoms with van der Waals surface area (Å²) >= 11 is 0. The molecule has 0 fully saturated rings. The van der Waals surface area contributed by atoms with E-state index in [2.05, 4.69) is 60.0 Å². The second-order valence-corrected chi connectivity index (χ2v) is 9.96. The lowest BCUT2D eigenvalue weighted by Gasteiger charge is -2.34. The summed E-state index contributed by atoms with van der Waals surface area (Å²) in [6.07, 6.45) is 1.67. The zero-order valence-electron chi connectivity index (χ0n) is 20.2. The molecule has 0 spiro atoms. The van der Waals surface area contributed by atoms with Crippen molar-refractivity contribution >= 4 is 10.9 Å². The maximum atomic E-state index is 13.1. The van der Waals surface area contributed by atoms with Gasteiger partial charge in [0, 0.05) is 12.1 Å². The van der Waals surface area contributed by atoms with Crippen LogP contribution in [0.4, 0.5) is 0 Å². The Kier molecular flexibility index (Phi) is 6.21.